The Morgan fingerprint density at radius 2 is 1.93 bits per heavy atom. The molecule has 0 bridgehead atoms. The fourth-order valence-electron chi connectivity index (χ4n) is 5.22. The maximum Gasteiger partial charge on any atom is 0.219 e. The van der Waals surface area contributed by atoms with Gasteiger partial charge in [0.15, 0.2) is 0 Å². The number of benzene rings is 1. The Morgan fingerprint density at radius 1 is 1.25 bits per heavy atom. The molecule has 1 spiro atoms. The first-order valence-electron chi connectivity index (χ1n) is 11.2. The van der Waals surface area contributed by atoms with Crippen molar-refractivity contribution in [2.24, 2.45) is 11.3 Å². The molecule has 154 valence electrons. The van der Waals surface area contributed by atoms with Gasteiger partial charge in [-0.15, -0.1) is 0 Å². The predicted molar refractivity (Wildman–Crippen MR) is 117 cm³/mol. The zero-order valence-electron chi connectivity index (χ0n) is 18.3. The highest BCUT2D eigenvalue weighted by Gasteiger charge is 2.46. The van der Waals surface area contributed by atoms with Crippen molar-refractivity contribution >= 4 is 5.91 Å². The van der Waals surface area contributed by atoms with Crippen molar-refractivity contribution in [3.63, 3.8) is 0 Å². The molecular formula is C25H38N2O. The second-order valence-electron chi connectivity index (χ2n) is 9.14. The van der Waals surface area contributed by atoms with Gasteiger partial charge < -0.3 is 10.2 Å². The monoisotopic (exact) mass is 382 g/mol. The number of hydrogen-bond acceptors (Lipinski definition) is 2. The summed E-state index contributed by atoms with van der Waals surface area (Å²) in [5, 5.41) is 3.05. The van der Waals surface area contributed by atoms with Crippen LogP contribution in [0, 0.1) is 25.2 Å². The second-order valence-corrected chi connectivity index (χ2v) is 9.14. The third-order valence-corrected chi connectivity index (χ3v) is 7.51. The average molecular weight is 383 g/mol. The second kappa shape index (κ2) is 8.71. The summed E-state index contributed by atoms with van der Waals surface area (Å²) in [4.78, 5) is 14.1. The number of amides is 1. The minimum Gasteiger partial charge on any atom is -0.375 e. The predicted octanol–water partition coefficient (Wildman–Crippen LogP) is 5.33. The Labute approximate surface area is 171 Å². The lowest BCUT2D eigenvalue weighted by Crippen LogP contribution is -2.47. The summed E-state index contributed by atoms with van der Waals surface area (Å²) in [6.45, 7) is 16.0. The van der Waals surface area contributed by atoms with Crippen LogP contribution in [0.1, 0.15) is 75.0 Å². The summed E-state index contributed by atoms with van der Waals surface area (Å²) in [5.74, 6) is 1.24. The lowest BCUT2D eigenvalue weighted by molar-refractivity contribution is -0.120. The third-order valence-electron chi connectivity index (χ3n) is 7.51. The van der Waals surface area contributed by atoms with Gasteiger partial charge in [-0.2, -0.15) is 0 Å². The highest BCUT2D eigenvalue weighted by atomic mass is 16.1. The summed E-state index contributed by atoms with van der Waals surface area (Å²) in [6, 6.07) is 6.79. The van der Waals surface area contributed by atoms with Crippen LogP contribution < -0.4 is 5.32 Å². The molecular weight excluding hydrogens is 344 g/mol. The van der Waals surface area contributed by atoms with Gasteiger partial charge in [-0.05, 0) is 74.0 Å². The summed E-state index contributed by atoms with van der Waals surface area (Å²) in [5.41, 5.74) is 6.27. The van der Waals surface area contributed by atoms with Crippen LogP contribution in [-0.4, -0.2) is 30.4 Å². The van der Waals surface area contributed by atoms with Crippen LogP contribution in [0.2, 0.25) is 0 Å². The van der Waals surface area contributed by atoms with Crippen molar-refractivity contribution in [1.82, 2.24) is 10.2 Å². The molecule has 1 aliphatic heterocycles. The van der Waals surface area contributed by atoms with E-state index in [0.717, 1.165) is 32.0 Å². The molecule has 1 saturated carbocycles. The Balaban J connectivity index is 1.51. The molecule has 1 aliphatic carbocycles. The van der Waals surface area contributed by atoms with Crippen LogP contribution in [0.15, 0.2) is 30.5 Å². The molecule has 1 aromatic carbocycles. The highest BCUT2D eigenvalue weighted by Crippen LogP contribution is 2.57. The van der Waals surface area contributed by atoms with Crippen molar-refractivity contribution in [3.05, 3.63) is 47.2 Å². The molecule has 0 radical (unpaired) electrons. The van der Waals surface area contributed by atoms with Gasteiger partial charge in [0.1, 0.15) is 0 Å². The van der Waals surface area contributed by atoms with Crippen LogP contribution in [0.25, 0.3) is 0 Å². The number of nitrogens with one attached hydrogen (secondary N) is 1. The quantitative estimate of drug-likeness (QED) is 0.691. The molecule has 1 atom stereocenters. The fraction of sp³-hybridized carbons (Fsp3) is 0.640. The number of rotatable bonds is 7. The van der Waals surface area contributed by atoms with Crippen LogP contribution in [0.3, 0.4) is 0 Å². The van der Waals surface area contributed by atoms with Gasteiger partial charge in [-0.1, -0.05) is 38.6 Å². The van der Waals surface area contributed by atoms with E-state index in [1.54, 1.807) is 5.56 Å². The van der Waals surface area contributed by atoms with Crippen LogP contribution in [0.5, 0.6) is 0 Å². The average Bonchev–Trinajstić information content (AvgIpc) is 2.68. The molecule has 3 nitrogen and oxygen atoms in total. The van der Waals surface area contributed by atoms with E-state index in [4.69, 9.17) is 0 Å². The molecule has 0 aromatic heterocycles. The minimum absolute atomic E-state index is 0.135. The first-order chi connectivity index (χ1) is 13.4. The van der Waals surface area contributed by atoms with E-state index in [2.05, 4.69) is 55.8 Å². The van der Waals surface area contributed by atoms with Crippen LogP contribution in [0.4, 0.5) is 0 Å². The maximum atomic E-state index is 11.6. The molecule has 1 heterocycles. The van der Waals surface area contributed by atoms with E-state index < -0.39 is 0 Å². The smallest absolute Gasteiger partial charge is 0.219 e. The lowest BCUT2D eigenvalue weighted by Gasteiger charge is -2.54. The van der Waals surface area contributed by atoms with E-state index in [1.165, 1.54) is 42.5 Å². The normalized spacial score (nSPS) is 19.9. The summed E-state index contributed by atoms with van der Waals surface area (Å²) < 4.78 is 0. The van der Waals surface area contributed by atoms with E-state index in [1.807, 2.05) is 6.92 Å². The van der Waals surface area contributed by atoms with E-state index in [9.17, 15) is 4.79 Å². The van der Waals surface area contributed by atoms with Crippen molar-refractivity contribution in [1.29, 1.82) is 0 Å². The van der Waals surface area contributed by atoms with Gasteiger partial charge in [0.05, 0.1) is 0 Å². The van der Waals surface area contributed by atoms with Gasteiger partial charge in [0, 0.05) is 37.7 Å². The Bertz CT molecular complexity index is 707. The highest BCUT2D eigenvalue weighted by molar-refractivity contribution is 5.75. The van der Waals surface area contributed by atoms with Gasteiger partial charge in [-0.3, -0.25) is 4.79 Å². The van der Waals surface area contributed by atoms with E-state index in [-0.39, 0.29) is 5.91 Å². The van der Waals surface area contributed by atoms with Crippen molar-refractivity contribution in [2.75, 3.05) is 19.6 Å². The maximum absolute atomic E-state index is 11.6. The van der Waals surface area contributed by atoms with E-state index in [0.29, 0.717) is 17.8 Å². The molecule has 1 amide bonds. The third kappa shape index (κ3) is 4.29. The van der Waals surface area contributed by atoms with E-state index >= 15 is 0 Å². The molecule has 1 saturated heterocycles. The molecule has 1 aromatic rings. The number of piperidine rings is 1. The number of aryl methyl sites for hydroxylation is 1. The minimum atomic E-state index is 0.135. The molecule has 2 aliphatic rings. The zero-order valence-corrected chi connectivity index (χ0v) is 18.3. The SMILES string of the molecule is C=C(C(CC)CNC(=O)CC)N1CCC2(CC1)CC(c1cccc(C)c1C)C2. The molecule has 3 rings (SSSR count). The molecule has 2 fully saturated rings. The lowest BCUT2D eigenvalue weighted by atomic mass is 9.55. The fourth-order valence-corrected chi connectivity index (χ4v) is 5.22. The van der Waals surface area contributed by atoms with Gasteiger partial charge in [0.2, 0.25) is 5.91 Å². The van der Waals surface area contributed by atoms with Crippen LogP contribution >= 0.6 is 0 Å². The number of carbonyl (C=O) groups is 1. The molecule has 28 heavy (non-hydrogen) atoms. The van der Waals surface area contributed by atoms with Crippen molar-refractivity contribution in [2.45, 2.75) is 72.1 Å². The number of hydrogen-bond donors (Lipinski definition) is 1. The Morgan fingerprint density at radius 3 is 2.54 bits per heavy atom. The molecule has 3 heteroatoms. The first kappa shape index (κ1) is 21.0. The zero-order chi connectivity index (χ0) is 20.3. The summed E-state index contributed by atoms with van der Waals surface area (Å²) in [7, 11) is 0. The number of nitrogens with zero attached hydrogens (tertiary/aromatic N) is 1. The van der Waals surface area contributed by atoms with Crippen LogP contribution in [-0.2, 0) is 4.79 Å². The number of likely N-dealkylation sites (tertiary alicyclic amines) is 1. The summed E-state index contributed by atoms with van der Waals surface area (Å²) >= 11 is 0. The van der Waals surface area contributed by atoms with Crippen molar-refractivity contribution in [3.8, 4) is 0 Å². The number of carbonyl (C=O) groups excluding carboxylic acids is 1. The van der Waals surface area contributed by atoms with Gasteiger partial charge >= 0.3 is 0 Å². The Hall–Kier alpha value is -1.77. The van der Waals surface area contributed by atoms with Gasteiger partial charge in [0.25, 0.3) is 0 Å². The topological polar surface area (TPSA) is 32.3 Å². The van der Waals surface area contributed by atoms with Crippen molar-refractivity contribution < 1.29 is 4.79 Å². The molecule has 1 N–H and O–H groups in total. The Kier molecular flexibility index (Phi) is 6.52. The standard InChI is InChI=1S/C25H38N2O/c1-6-21(17-26-24(28)7-2)20(5)27-13-11-25(12-14-27)15-22(16-25)23-10-8-9-18(3)19(23)4/h8-10,21-22H,5-7,11-17H2,1-4H3,(H,26,28). The summed E-state index contributed by atoms with van der Waals surface area (Å²) in [6.07, 6.45) is 6.84. The first-order valence-corrected chi connectivity index (χ1v) is 11.2. The largest absolute Gasteiger partial charge is 0.375 e. The van der Waals surface area contributed by atoms with Gasteiger partial charge in [-0.25, -0.2) is 0 Å². The molecule has 1 unspecified atom stereocenters.